The second-order valence-electron chi connectivity index (χ2n) is 2.17. The zero-order chi connectivity index (χ0) is 6.73. The summed E-state index contributed by atoms with van der Waals surface area (Å²) in [5.41, 5.74) is 6.22. The van der Waals surface area contributed by atoms with Crippen LogP contribution in [-0.4, -0.2) is 11.1 Å². The molecule has 0 amide bonds. The summed E-state index contributed by atoms with van der Waals surface area (Å²) < 4.78 is 0. The van der Waals surface area contributed by atoms with Crippen molar-refractivity contribution in [2.45, 2.75) is 26.8 Å². The standard InChI is InChI=1S/C6H13NO/c1-4(2)6(8)5(3)7/h5,8H,7H2,1-3H3. The largest absolute Gasteiger partial charge is 0.511 e. The van der Waals surface area contributed by atoms with Gasteiger partial charge in [0.05, 0.1) is 6.04 Å². The zero-order valence-corrected chi connectivity index (χ0v) is 5.60. The van der Waals surface area contributed by atoms with Crippen LogP contribution in [0.15, 0.2) is 11.3 Å². The Bertz CT molecular complexity index is 101. The molecule has 0 saturated heterocycles. The van der Waals surface area contributed by atoms with Crippen molar-refractivity contribution in [2.75, 3.05) is 0 Å². The van der Waals surface area contributed by atoms with E-state index in [1.807, 2.05) is 13.8 Å². The van der Waals surface area contributed by atoms with Crippen LogP contribution in [0.25, 0.3) is 0 Å². The van der Waals surface area contributed by atoms with Crippen LogP contribution in [0.1, 0.15) is 20.8 Å². The molecule has 0 rings (SSSR count). The summed E-state index contributed by atoms with van der Waals surface area (Å²) >= 11 is 0. The highest BCUT2D eigenvalue weighted by atomic mass is 16.3. The Balaban J connectivity index is 4.00. The van der Waals surface area contributed by atoms with Crippen LogP contribution in [0.3, 0.4) is 0 Å². The van der Waals surface area contributed by atoms with E-state index in [-0.39, 0.29) is 6.04 Å². The molecule has 3 N–H and O–H groups in total. The maximum atomic E-state index is 8.96. The van der Waals surface area contributed by atoms with Gasteiger partial charge in [-0.3, -0.25) is 0 Å². The highest BCUT2D eigenvalue weighted by Gasteiger charge is 1.99. The third-order valence-electron chi connectivity index (χ3n) is 0.944. The van der Waals surface area contributed by atoms with Gasteiger partial charge in [-0.15, -0.1) is 0 Å². The number of aliphatic hydroxyl groups is 1. The molecule has 0 aliphatic heterocycles. The summed E-state index contributed by atoms with van der Waals surface area (Å²) in [6.07, 6.45) is 0. The maximum absolute atomic E-state index is 8.96. The third-order valence-corrected chi connectivity index (χ3v) is 0.944. The van der Waals surface area contributed by atoms with Gasteiger partial charge in [0.1, 0.15) is 5.76 Å². The van der Waals surface area contributed by atoms with Crippen molar-refractivity contribution in [3.63, 3.8) is 0 Å². The fourth-order valence-electron chi connectivity index (χ4n) is 0.455. The lowest BCUT2D eigenvalue weighted by Gasteiger charge is -2.04. The van der Waals surface area contributed by atoms with Gasteiger partial charge < -0.3 is 10.8 Å². The first-order valence-corrected chi connectivity index (χ1v) is 2.67. The number of rotatable bonds is 1. The van der Waals surface area contributed by atoms with Crippen LogP contribution in [-0.2, 0) is 0 Å². The van der Waals surface area contributed by atoms with Crippen molar-refractivity contribution in [2.24, 2.45) is 5.73 Å². The van der Waals surface area contributed by atoms with Gasteiger partial charge in [-0.05, 0) is 26.3 Å². The molecule has 0 bridgehead atoms. The summed E-state index contributed by atoms with van der Waals surface area (Å²) in [7, 11) is 0. The SMILES string of the molecule is CC(C)=C(O)C(C)N. The van der Waals surface area contributed by atoms with Crippen molar-refractivity contribution >= 4 is 0 Å². The third kappa shape index (κ3) is 1.98. The molecule has 0 heterocycles. The lowest BCUT2D eigenvalue weighted by atomic mass is 10.2. The van der Waals surface area contributed by atoms with Crippen molar-refractivity contribution in [1.82, 2.24) is 0 Å². The first kappa shape index (κ1) is 7.50. The quantitative estimate of drug-likeness (QED) is 0.504. The van der Waals surface area contributed by atoms with Gasteiger partial charge >= 0.3 is 0 Å². The highest BCUT2D eigenvalue weighted by molar-refractivity contribution is 5.05. The molecule has 48 valence electrons. The molecule has 2 heteroatoms. The number of hydrogen-bond donors (Lipinski definition) is 2. The van der Waals surface area contributed by atoms with E-state index >= 15 is 0 Å². The maximum Gasteiger partial charge on any atom is 0.107 e. The molecule has 8 heavy (non-hydrogen) atoms. The summed E-state index contributed by atoms with van der Waals surface area (Å²) in [6, 6.07) is -0.222. The predicted octanol–water partition coefficient (Wildman–Crippen LogP) is 1.19. The normalized spacial score (nSPS) is 13.0. The molecule has 0 aliphatic carbocycles. The molecular formula is C6H13NO. The molecule has 0 radical (unpaired) electrons. The Morgan fingerprint density at radius 2 is 1.88 bits per heavy atom. The molecule has 0 spiro atoms. The van der Waals surface area contributed by atoms with E-state index in [1.165, 1.54) is 0 Å². The van der Waals surface area contributed by atoms with E-state index in [9.17, 15) is 0 Å². The minimum absolute atomic E-state index is 0.222. The average Bonchev–Trinajstić information content (AvgIpc) is 1.64. The Hall–Kier alpha value is -0.500. The summed E-state index contributed by atoms with van der Waals surface area (Å²) in [5.74, 6) is 0.296. The van der Waals surface area contributed by atoms with E-state index in [2.05, 4.69) is 0 Å². The zero-order valence-electron chi connectivity index (χ0n) is 5.60. The highest BCUT2D eigenvalue weighted by Crippen LogP contribution is 2.00. The molecule has 0 saturated carbocycles. The topological polar surface area (TPSA) is 46.2 Å². The molecule has 0 aliphatic rings. The second-order valence-corrected chi connectivity index (χ2v) is 2.17. The first-order valence-electron chi connectivity index (χ1n) is 2.67. The minimum atomic E-state index is -0.222. The molecule has 2 nitrogen and oxygen atoms in total. The first-order chi connectivity index (χ1) is 3.55. The van der Waals surface area contributed by atoms with Crippen molar-refractivity contribution < 1.29 is 5.11 Å². The Labute approximate surface area is 50.0 Å². The molecular weight excluding hydrogens is 102 g/mol. The van der Waals surface area contributed by atoms with Crippen molar-refractivity contribution in [1.29, 1.82) is 0 Å². The molecule has 0 aromatic rings. The van der Waals surface area contributed by atoms with E-state index in [0.717, 1.165) is 5.57 Å². The minimum Gasteiger partial charge on any atom is -0.511 e. The number of hydrogen-bond acceptors (Lipinski definition) is 2. The monoisotopic (exact) mass is 115 g/mol. The van der Waals surface area contributed by atoms with Crippen LogP contribution in [0.4, 0.5) is 0 Å². The molecule has 1 atom stereocenters. The average molecular weight is 115 g/mol. The van der Waals surface area contributed by atoms with E-state index in [4.69, 9.17) is 10.8 Å². The summed E-state index contributed by atoms with van der Waals surface area (Å²) in [5, 5.41) is 8.96. The number of nitrogens with two attached hydrogens (primary N) is 1. The molecule has 0 aromatic heterocycles. The van der Waals surface area contributed by atoms with Gasteiger partial charge in [-0.25, -0.2) is 0 Å². The van der Waals surface area contributed by atoms with E-state index in [1.54, 1.807) is 6.92 Å². The van der Waals surface area contributed by atoms with Gasteiger partial charge in [0.25, 0.3) is 0 Å². The van der Waals surface area contributed by atoms with Gasteiger partial charge in [-0.2, -0.15) is 0 Å². The van der Waals surface area contributed by atoms with E-state index in [0.29, 0.717) is 5.76 Å². The van der Waals surface area contributed by atoms with Crippen LogP contribution in [0.5, 0.6) is 0 Å². The van der Waals surface area contributed by atoms with Gasteiger partial charge in [0.15, 0.2) is 0 Å². The van der Waals surface area contributed by atoms with Crippen LogP contribution in [0.2, 0.25) is 0 Å². The van der Waals surface area contributed by atoms with E-state index < -0.39 is 0 Å². The fraction of sp³-hybridized carbons (Fsp3) is 0.667. The summed E-state index contributed by atoms with van der Waals surface area (Å²) in [4.78, 5) is 0. The number of aliphatic hydroxyl groups excluding tert-OH is 1. The van der Waals surface area contributed by atoms with Crippen LogP contribution in [0, 0.1) is 0 Å². The Morgan fingerprint density at radius 3 is 1.88 bits per heavy atom. The summed E-state index contributed by atoms with van der Waals surface area (Å²) in [6.45, 7) is 5.42. The van der Waals surface area contributed by atoms with Crippen LogP contribution < -0.4 is 5.73 Å². The Morgan fingerprint density at radius 1 is 1.50 bits per heavy atom. The smallest absolute Gasteiger partial charge is 0.107 e. The lowest BCUT2D eigenvalue weighted by Crippen LogP contribution is -2.18. The molecule has 0 aromatic carbocycles. The Kier molecular flexibility index (Phi) is 2.55. The number of allylic oxidation sites excluding steroid dienone is 1. The predicted molar refractivity (Wildman–Crippen MR) is 34.7 cm³/mol. The van der Waals surface area contributed by atoms with Gasteiger partial charge in [-0.1, -0.05) is 0 Å². The van der Waals surface area contributed by atoms with Crippen molar-refractivity contribution in [3.8, 4) is 0 Å². The van der Waals surface area contributed by atoms with Crippen molar-refractivity contribution in [3.05, 3.63) is 11.3 Å². The van der Waals surface area contributed by atoms with Crippen LogP contribution >= 0.6 is 0 Å². The fourth-order valence-corrected chi connectivity index (χ4v) is 0.455. The second kappa shape index (κ2) is 2.72. The molecule has 1 unspecified atom stereocenters. The van der Waals surface area contributed by atoms with Gasteiger partial charge in [0, 0.05) is 0 Å². The van der Waals surface area contributed by atoms with Gasteiger partial charge in [0.2, 0.25) is 0 Å². The lowest BCUT2D eigenvalue weighted by molar-refractivity contribution is 0.367. The molecule has 0 fully saturated rings.